The lowest BCUT2D eigenvalue weighted by Gasteiger charge is -2.07. The summed E-state index contributed by atoms with van der Waals surface area (Å²) in [4.78, 5) is 20.9. The monoisotopic (exact) mass is 390 g/mol. The highest BCUT2D eigenvalue weighted by atomic mass is 32.1. The maximum atomic E-state index is 12.2. The second kappa shape index (κ2) is 8.19. The number of carbonyl (C=O) groups excluding carboxylic acids is 1. The highest BCUT2D eigenvalue weighted by molar-refractivity contribution is 7.13. The van der Waals surface area contributed by atoms with Crippen molar-refractivity contribution in [3.63, 3.8) is 0 Å². The third-order valence-electron chi connectivity index (χ3n) is 4.27. The summed E-state index contributed by atoms with van der Waals surface area (Å²) >= 11 is 1.47. The van der Waals surface area contributed by atoms with Crippen molar-refractivity contribution in [2.45, 2.75) is 13.0 Å². The van der Waals surface area contributed by atoms with Crippen LogP contribution in [0.25, 0.3) is 21.5 Å². The molecule has 4 aromatic rings. The van der Waals surface area contributed by atoms with Crippen LogP contribution in [0.1, 0.15) is 11.3 Å². The van der Waals surface area contributed by atoms with Gasteiger partial charge in [-0.15, -0.1) is 11.3 Å². The summed E-state index contributed by atoms with van der Waals surface area (Å²) in [6.45, 7) is 0.234. The van der Waals surface area contributed by atoms with Crippen LogP contribution in [-0.4, -0.2) is 23.0 Å². The first-order chi connectivity index (χ1) is 13.7. The molecule has 140 valence electrons. The summed E-state index contributed by atoms with van der Waals surface area (Å²) in [7, 11) is 1.65. The number of rotatable bonds is 6. The Bertz CT molecular complexity index is 1110. The minimum atomic E-state index is -0.298. The Balaban J connectivity index is 1.37. The summed E-state index contributed by atoms with van der Waals surface area (Å²) in [5.41, 5.74) is 2.44. The van der Waals surface area contributed by atoms with Gasteiger partial charge >= 0.3 is 5.97 Å². The van der Waals surface area contributed by atoms with Crippen LogP contribution < -0.4 is 4.74 Å². The number of hydrogen-bond donors (Lipinski definition) is 0. The highest BCUT2D eigenvalue weighted by Gasteiger charge is 2.11. The maximum absolute atomic E-state index is 12.2. The van der Waals surface area contributed by atoms with Crippen LogP contribution in [0.15, 0.2) is 66.2 Å². The molecule has 2 heterocycles. The lowest BCUT2D eigenvalue weighted by molar-refractivity contribution is -0.144. The van der Waals surface area contributed by atoms with Gasteiger partial charge in [-0.2, -0.15) is 0 Å². The van der Waals surface area contributed by atoms with E-state index in [1.165, 1.54) is 11.3 Å². The molecule has 28 heavy (non-hydrogen) atoms. The van der Waals surface area contributed by atoms with Crippen molar-refractivity contribution in [2.24, 2.45) is 0 Å². The molecule has 0 amide bonds. The van der Waals surface area contributed by atoms with Gasteiger partial charge in [-0.05, 0) is 46.7 Å². The number of esters is 1. The molecule has 0 atom stereocenters. The Morgan fingerprint density at radius 2 is 1.93 bits per heavy atom. The van der Waals surface area contributed by atoms with Gasteiger partial charge < -0.3 is 9.47 Å². The standard InChI is InChI=1S/C22H18N2O3S/c1-26-19-8-7-16-10-15(5-6-17(16)11-19)13-27-21(25)12-18-14-28-22(24-18)20-4-2-3-9-23-20/h2-11,14H,12-13H2,1H3. The summed E-state index contributed by atoms with van der Waals surface area (Å²) in [5.74, 6) is 0.521. The molecule has 6 heteroatoms. The van der Waals surface area contributed by atoms with E-state index in [0.717, 1.165) is 32.8 Å². The van der Waals surface area contributed by atoms with E-state index in [-0.39, 0.29) is 19.0 Å². The lowest BCUT2D eigenvalue weighted by Crippen LogP contribution is -2.08. The van der Waals surface area contributed by atoms with Crippen molar-refractivity contribution in [1.82, 2.24) is 9.97 Å². The van der Waals surface area contributed by atoms with Crippen molar-refractivity contribution in [3.8, 4) is 16.5 Å². The topological polar surface area (TPSA) is 61.3 Å². The molecule has 0 aliphatic heterocycles. The molecule has 4 rings (SSSR count). The molecule has 0 radical (unpaired) electrons. The Labute approximate surface area is 166 Å². The molecular weight excluding hydrogens is 372 g/mol. The molecule has 2 aromatic heterocycles. The minimum Gasteiger partial charge on any atom is -0.497 e. The molecule has 0 spiro atoms. The molecule has 2 aromatic carbocycles. The van der Waals surface area contributed by atoms with Crippen LogP contribution in [-0.2, 0) is 22.6 Å². The molecule has 0 saturated heterocycles. The van der Waals surface area contributed by atoms with Gasteiger partial charge in [0.1, 0.15) is 17.4 Å². The van der Waals surface area contributed by atoms with E-state index in [1.54, 1.807) is 13.3 Å². The predicted molar refractivity (Wildman–Crippen MR) is 109 cm³/mol. The molecule has 0 unspecified atom stereocenters. The van der Waals surface area contributed by atoms with Gasteiger partial charge in [-0.3, -0.25) is 9.78 Å². The Hall–Kier alpha value is -3.25. The number of pyridine rings is 1. The van der Waals surface area contributed by atoms with Gasteiger partial charge in [0.15, 0.2) is 0 Å². The van der Waals surface area contributed by atoms with Gasteiger partial charge in [0, 0.05) is 11.6 Å². The van der Waals surface area contributed by atoms with E-state index in [4.69, 9.17) is 9.47 Å². The van der Waals surface area contributed by atoms with Crippen LogP contribution in [0.3, 0.4) is 0 Å². The van der Waals surface area contributed by atoms with E-state index in [1.807, 2.05) is 60.0 Å². The Kier molecular flexibility index (Phi) is 5.30. The fraction of sp³-hybridized carbons (Fsp3) is 0.136. The predicted octanol–water partition coefficient (Wildman–Crippen LogP) is 4.65. The average Bonchev–Trinajstić information content (AvgIpc) is 3.20. The molecule has 0 aliphatic rings. The van der Waals surface area contributed by atoms with E-state index < -0.39 is 0 Å². The largest absolute Gasteiger partial charge is 0.497 e. The number of methoxy groups -OCH3 is 1. The number of thiazole rings is 1. The number of nitrogens with zero attached hydrogens (tertiary/aromatic N) is 2. The molecule has 0 aliphatic carbocycles. The summed E-state index contributed by atoms with van der Waals surface area (Å²) in [5, 5.41) is 4.83. The number of benzene rings is 2. The first kappa shape index (κ1) is 18.1. The van der Waals surface area contributed by atoms with Crippen molar-refractivity contribution in [3.05, 3.63) is 77.4 Å². The second-order valence-electron chi connectivity index (χ2n) is 6.24. The van der Waals surface area contributed by atoms with Crippen molar-refractivity contribution < 1.29 is 14.3 Å². The SMILES string of the molecule is COc1ccc2cc(COC(=O)Cc3csc(-c4ccccn4)n3)ccc2c1. The van der Waals surface area contributed by atoms with Gasteiger partial charge in [-0.25, -0.2) is 4.98 Å². The zero-order valence-corrected chi connectivity index (χ0v) is 16.1. The van der Waals surface area contributed by atoms with Gasteiger partial charge in [0.05, 0.1) is 24.9 Å². The van der Waals surface area contributed by atoms with Crippen LogP contribution in [0.5, 0.6) is 5.75 Å². The fourth-order valence-electron chi connectivity index (χ4n) is 2.85. The van der Waals surface area contributed by atoms with Crippen LogP contribution in [0.4, 0.5) is 0 Å². The fourth-order valence-corrected chi connectivity index (χ4v) is 3.64. The van der Waals surface area contributed by atoms with Crippen LogP contribution >= 0.6 is 11.3 Å². The molecule has 0 bridgehead atoms. The molecule has 0 saturated carbocycles. The molecular formula is C22H18N2O3S. The molecule has 5 nitrogen and oxygen atoms in total. The first-order valence-electron chi connectivity index (χ1n) is 8.79. The quantitative estimate of drug-likeness (QED) is 0.448. The van der Waals surface area contributed by atoms with E-state index in [9.17, 15) is 4.79 Å². The number of aromatic nitrogens is 2. The molecule has 0 N–H and O–H groups in total. The van der Waals surface area contributed by atoms with E-state index in [2.05, 4.69) is 9.97 Å². The van der Waals surface area contributed by atoms with E-state index in [0.29, 0.717) is 5.69 Å². The van der Waals surface area contributed by atoms with Crippen molar-refractivity contribution >= 4 is 28.1 Å². The first-order valence-corrected chi connectivity index (χ1v) is 9.67. The highest BCUT2D eigenvalue weighted by Crippen LogP contribution is 2.23. The summed E-state index contributed by atoms with van der Waals surface area (Å²) < 4.78 is 10.7. The number of carbonyl (C=O) groups is 1. The minimum absolute atomic E-state index is 0.147. The number of hydrogen-bond acceptors (Lipinski definition) is 6. The summed E-state index contributed by atoms with van der Waals surface area (Å²) in [6.07, 6.45) is 1.87. The Morgan fingerprint density at radius 3 is 2.75 bits per heavy atom. The summed E-state index contributed by atoms with van der Waals surface area (Å²) in [6, 6.07) is 17.5. The van der Waals surface area contributed by atoms with Gasteiger partial charge in [-0.1, -0.05) is 24.3 Å². The lowest BCUT2D eigenvalue weighted by atomic mass is 10.1. The van der Waals surface area contributed by atoms with Crippen molar-refractivity contribution in [1.29, 1.82) is 0 Å². The van der Waals surface area contributed by atoms with Gasteiger partial charge in [0.2, 0.25) is 0 Å². The second-order valence-corrected chi connectivity index (χ2v) is 7.10. The third-order valence-corrected chi connectivity index (χ3v) is 5.19. The zero-order chi connectivity index (χ0) is 19.3. The normalized spacial score (nSPS) is 10.8. The van der Waals surface area contributed by atoms with Crippen LogP contribution in [0, 0.1) is 0 Å². The average molecular weight is 390 g/mol. The van der Waals surface area contributed by atoms with E-state index >= 15 is 0 Å². The van der Waals surface area contributed by atoms with Crippen molar-refractivity contribution in [2.75, 3.05) is 7.11 Å². The molecule has 0 fully saturated rings. The zero-order valence-electron chi connectivity index (χ0n) is 15.3. The Morgan fingerprint density at radius 1 is 1.07 bits per heavy atom. The number of ether oxygens (including phenoxy) is 2. The van der Waals surface area contributed by atoms with Crippen LogP contribution in [0.2, 0.25) is 0 Å². The third kappa shape index (κ3) is 4.18. The smallest absolute Gasteiger partial charge is 0.312 e. The van der Waals surface area contributed by atoms with Gasteiger partial charge in [0.25, 0.3) is 0 Å². The number of fused-ring (bicyclic) bond motifs is 1. The maximum Gasteiger partial charge on any atom is 0.312 e.